The fraction of sp³-hybridized carbons (Fsp3) is 0.214. The topological polar surface area (TPSA) is 61.3 Å². The number of alkyl halides is 3. The molecule has 0 bridgehead atoms. The predicted octanol–water partition coefficient (Wildman–Crippen LogP) is 3.52. The van der Waals surface area contributed by atoms with Gasteiger partial charge in [-0.1, -0.05) is 23.7 Å². The number of hydrogen-bond donors (Lipinski definition) is 0. The van der Waals surface area contributed by atoms with Crippen molar-refractivity contribution in [2.75, 3.05) is 13.7 Å². The maximum atomic E-state index is 12.3. The van der Waals surface area contributed by atoms with Crippen LogP contribution in [0.1, 0.15) is 10.5 Å². The summed E-state index contributed by atoms with van der Waals surface area (Å²) in [4.78, 5) is 19.2. The number of methoxy groups -OCH3 is 1. The Kier molecular flexibility index (Phi) is 5.05. The fourth-order valence-electron chi connectivity index (χ4n) is 1.63. The molecule has 1 heterocycles. The lowest BCUT2D eigenvalue weighted by molar-refractivity contribution is -0.154. The summed E-state index contributed by atoms with van der Waals surface area (Å²) in [6, 6.07) is 6.09. The third-order valence-electron chi connectivity index (χ3n) is 2.62. The highest BCUT2D eigenvalue weighted by molar-refractivity contribution is 6.30. The minimum absolute atomic E-state index is 0.0196. The van der Waals surface area contributed by atoms with Crippen molar-refractivity contribution in [2.24, 2.45) is 0 Å². The average molecular weight is 347 g/mol. The van der Waals surface area contributed by atoms with E-state index >= 15 is 0 Å². The summed E-state index contributed by atoms with van der Waals surface area (Å²) in [7, 11) is 1.15. The van der Waals surface area contributed by atoms with E-state index in [0.29, 0.717) is 10.6 Å². The Bertz CT molecular complexity index is 705. The van der Waals surface area contributed by atoms with E-state index in [2.05, 4.69) is 19.4 Å². The predicted molar refractivity (Wildman–Crippen MR) is 75.4 cm³/mol. The lowest BCUT2D eigenvalue weighted by Crippen LogP contribution is -2.20. The quantitative estimate of drug-likeness (QED) is 0.793. The van der Waals surface area contributed by atoms with Crippen molar-refractivity contribution >= 4 is 17.6 Å². The maximum Gasteiger partial charge on any atom is 0.422 e. The SMILES string of the molecule is COC(=O)c1cnc(OCC(F)(F)F)c(-c2ccc(Cl)cc2)n1. The van der Waals surface area contributed by atoms with E-state index in [1.165, 1.54) is 24.3 Å². The van der Waals surface area contributed by atoms with Crippen LogP contribution in [0.25, 0.3) is 11.3 Å². The first kappa shape index (κ1) is 17.0. The van der Waals surface area contributed by atoms with Crippen molar-refractivity contribution in [3.8, 4) is 17.1 Å². The van der Waals surface area contributed by atoms with E-state index < -0.39 is 18.8 Å². The molecule has 0 amide bonds. The number of halogens is 4. The molecule has 0 unspecified atom stereocenters. The van der Waals surface area contributed by atoms with Crippen LogP contribution in [0.5, 0.6) is 5.88 Å². The van der Waals surface area contributed by atoms with E-state index in [0.717, 1.165) is 13.3 Å². The van der Waals surface area contributed by atoms with Crippen LogP contribution in [0.15, 0.2) is 30.5 Å². The summed E-state index contributed by atoms with van der Waals surface area (Å²) in [6.45, 7) is -1.53. The van der Waals surface area contributed by atoms with Gasteiger partial charge in [0.2, 0.25) is 5.88 Å². The summed E-state index contributed by atoms with van der Waals surface area (Å²) >= 11 is 5.77. The normalized spacial score (nSPS) is 11.2. The molecule has 1 aromatic heterocycles. The number of aromatic nitrogens is 2. The molecule has 0 radical (unpaired) electrons. The van der Waals surface area contributed by atoms with Crippen molar-refractivity contribution in [1.29, 1.82) is 0 Å². The molecule has 5 nitrogen and oxygen atoms in total. The minimum Gasteiger partial charge on any atom is -0.466 e. The molecule has 2 aromatic rings. The number of nitrogens with zero attached hydrogens (tertiary/aromatic N) is 2. The Labute approximate surface area is 134 Å². The van der Waals surface area contributed by atoms with Gasteiger partial charge in [0, 0.05) is 10.6 Å². The Balaban J connectivity index is 2.44. The van der Waals surface area contributed by atoms with E-state index in [9.17, 15) is 18.0 Å². The van der Waals surface area contributed by atoms with Gasteiger partial charge < -0.3 is 9.47 Å². The van der Waals surface area contributed by atoms with E-state index in [1.807, 2.05) is 0 Å². The zero-order chi connectivity index (χ0) is 17.0. The van der Waals surface area contributed by atoms with Crippen molar-refractivity contribution in [1.82, 2.24) is 9.97 Å². The van der Waals surface area contributed by atoms with Gasteiger partial charge in [0.15, 0.2) is 12.3 Å². The molecule has 0 aliphatic rings. The summed E-state index contributed by atoms with van der Waals surface area (Å²) < 4.78 is 46.2. The van der Waals surface area contributed by atoms with Crippen LogP contribution >= 0.6 is 11.6 Å². The molecule has 0 saturated carbocycles. The van der Waals surface area contributed by atoms with Gasteiger partial charge in [0.05, 0.1) is 13.3 Å². The van der Waals surface area contributed by atoms with Crippen LogP contribution in [0, 0.1) is 0 Å². The second-order valence-corrected chi connectivity index (χ2v) is 4.75. The van der Waals surface area contributed by atoms with E-state index in [1.54, 1.807) is 0 Å². The van der Waals surface area contributed by atoms with Gasteiger partial charge in [-0.2, -0.15) is 13.2 Å². The lowest BCUT2D eigenvalue weighted by atomic mass is 10.1. The Morgan fingerprint density at radius 3 is 2.48 bits per heavy atom. The summed E-state index contributed by atoms with van der Waals surface area (Å²) in [5.74, 6) is -1.12. The number of hydrogen-bond acceptors (Lipinski definition) is 5. The first-order valence-electron chi connectivity index (χ1n) is 6.21. The molecule has 1 aromatic carbocycles. The second kappa shape index (κ2) is 6.82. The van der Waals surface area contributed by atoms with Crippen molar-refractivity contribution < 1.29 is 27.4 Å². The van der Waals surface area contributed by atoms with Gasteiger partial charge in [0.1, 0.15) is 5.69 Å². The molecule has 0 saturated heterocycles. The molecule has 0 atom stereocenters. The molecule has 0 aliphatic carbocycles. The number of carbonyl (C=O) groups excluding carboxylic acids is 1. The third kappa shape index (κ3) is 4.56. The largest absolute Gasteiger partial charge is 0.466 e. The number of esters is 1. The van der Waals surface area contributed by atoms with Gasteiger partial charge in [-0.15, -0.1) is 0 Å². The standard InChI is InChI=1S/C14H10ClF3N2O3/c1-22-13(21)10-6-19-12(23-7-14(16,17)18)11(20-10)8-2-4-9(15)5-3-8/h2-6H,7H2,1H3. The highest BCUT2D eigenvalue weighted by Crippen LogP contribution is 2.29. The van der Waals surface area contributed by atoms with Gasteiger partial charge >= 0.3 is 12.1 Å². The Morgan fingerprint density at radius 2 is 1.91 bits per heavy atom. The van der Waals surface area contributed by atoms with E-state index in [-0.39, 0.29) is 17.3 Å². The molecular weight excluding hydrogens is 337 g/mol. The minimum atomic E-state index is -4.53. The van der Waals surface area contributed by atoms with Crippen molar-refractivity contribution in [3.05, 3.63) is 41.2 Å². The molecule has 122 valence electrons. The van der Waals surface area contributed by atoms with Crippen LogP contribution in [0.3, 0.4) is 0 Å². The van der Waals surface area contributed by atoms with Gasteiger partial charge in [-0.3, -0.25) is 0 Å². The first-order valence-corrected chi connectivity index (χ1v) is 6.59. The second-order valence-electron chi connectivity index (χ2n) is 4.31. The zero-order valence-corrected chi connectivity index (χ0v) is 12.5. The van der Waals surface area contributed by atoms with Crippen LogP contribution in [-0.2, 0) is 4.74 Å². The Hall–Kier alpha value is -2.35. The molecule has 0 fully saturated rings. The van der Waals surface area contributed by atoms with Crippen LogP contribution in [0.2, 0.25) is 5.02 Å². The van der Waals surface area contributed by atoms with Gasteiger partial charge in [0.25, 0.3) is 0 Å². The highest BCUT2D eigenvalue weighted by atomic mass is 35.5. The summed E-state index contributed by atoms with van der Waals surface area (Å²) in [5, 5.41) is 0.434. The van der Waals surface area contributed by atoms with Gasteiger partial charge in [-0.05, 0) is 12.1 Å². The van der Waals surface area contributed by atoms with Crippen LogP contribution < -0.4 is 4.74 Å². The monoisotopic (exact) mass is 346 g/mol. The summed E-state index contributed by atoms with van der Waals surface area (Å²) in [6.07, 6.45) is -3.54. The number of carbonyl (C=O) groups is 1. The van der Waals surface area contributed by atoms with Crippen LogP contribution in [0.4, 0.5) is 13.2 Å². The lowest BCUT2D eigenvalue weighted by Gasteiger charge is -2.12. The average Bonchev–Trinajstić information content (AvgIpc) is 2.52. The Morgan fingerprint density at radius 1 is 1.26 bits per heavy atom. The molecule has 0 spiro atoms. The zero-order valence-electron chi connectivity index (χ0n) is 11.7. The molecule has 0 N–H and O–H groups in total. The molecule has 0 aliphatic heterocycles. The fourth-order valence-corrected chi connectivity index (χ4v) is 1.76. The van der Waals surface area contributed by atoms with E-state index in [4.69, 9.17) is 11.6 Å². The molecular formula is C14H10ClF3N2O3. The van der Waals surface area contributed by atoms with Gasteiger partial charge in [-0.25, -0.2) is 14.8 Å². The number of ether oxygens (including phenoxy) is 2. The van der Waals surface area contributed by atoms with Crippen molar-refractivity contribution in [2.45, 2.75) is 6.18 Å². The van der Waals surface area contributed by atoms with Crippen LogP contribution in [-0.4, -0.2) is 35.8 Å². The summed E-state index contributed by atoms with van der Waals surface area (Å²) in [5.41, 5.74) is 0.218. The number of rotatable bonds is 4. The smallest absolute Gasteiger partial charge is 0.422 e. The maximum absolute atomic E-state index is 12.3. The third-order valence-corrected chi connectivity index (χ3v) is 2.88. The molecule has 9 heteroatoms. The highest BCUT2D eigenvalue weighted by Gasteiger charge is 2.29. The number of benzene rings is 1. The first-order chi connectivity index (χ1) is 10.8. The molecule has 2 rings (SSSR count). The van der Waals surface area contributed by atoms with Crippen molar-refractivity contribution in [3.63, 3.8) is 0 Å². The molecule has 23 heavy (non-hydrogen) atoms.